The second kappa shape index (κ2) is 6.04. The van der Waals surface area contributed by atoms with Crippen molar-refractivity contribution in [1.29, 1.82) is 0 Å². The van der Waals surface area contributed by atoms with Gasteiger partial charge in [0.2, 0.25) is 0 Å². The zero-order valence-electron chi connectivity index (χ0n) is 9.02. The molecule has 0 aliphatic heterocycles. The van der Waals surface area contributed by atoms with Crippen LogP contribution in [0.25, 0.3) is 0 Å². The Balaban J connectivity index is 4.80. The van der Waals surface area contributed by atoms with E-state index in [1.165, 1.54) is 0 Å². The van der Waals surface area contributed by atoms with Crippen LogP contribution in [-0.2, 0) is 18.0 Å². The summed E-state index contributed by atoms with van der Waals surface area (Å²) < 4.78 is 28.5. The van der Waals surface area contributed by atoms with Gasteiger partial charge >= 0.3 is 15.6 Å². The maximum absolute atomic E-state index is 11.0. The lowest BCUT2D eigenvalue weighted by atomic mass is 9.99. The first-order valence-electron chi connectivity index (χ1n) is 4.29. The Morgan fingerprint density at radius 1 is 1.22 bits per heavy atom. The molecule has 0 radical (unpaired) electrons. The first kappa shape index (κ1) is 18.1. The van der Waals surface area contributed by atoms with Crippen molar-refractivity contribution in [3.63, 3.8) is 0 Å². The zero-order valence-corrected chi connectivity index (χ0v) is 10.8. The Labute approximate surface area is 101 Å². The molecule has 0 saturated heterocycles. The summed E-state index contributed by atoms with van der Waals surface area (Å²) in [6, 6.07) is 0. The molecule has 2 unspecified atom stereocenters. The highest BCUT2D eigenvalue weighted by Crippen LogP contribution is 2.58. The van der Waals surface area contributed by atoms with Gasteiger partial charge in [-0.05, 0) is 6.92 Å². The van der Waals surface area contributed by atoms with Crippen molar-refractivity contribution < 1.29 is 53.1 Å². The fourth-order valence-corrected chi connectivity index (χ4v) is 2.43. The van der Waals surface area contributed by atoms with Crippen LogP contribution < -0.4 is 0 Å². The molecular weight excluding hydrogens is 298 g/mol. The van der Waals surface area contributed by atoms with E-state index in [-0.39, 0.29) is 0 Å². The molecule has 13 heteroatoms. The van der Waals surface area contributed by atoms with Crippen LogP contribution in [0.1, 0.15) is 6.92 Å². The number of hydrogen-bond donors (Lipinski definition) is 7. The van der Waals surface area contributed by atoms with E-state index in [0.29, 0.717) is 0 Å². The highest BCUT2D eigenvalue weighted by molar-refractivity contribution is 7.60. The van der Waals surface area contributed by atoms with Gasteiger partial charge in [-0.1, -0.05) is 0 Å². The topological polar surface area (TPSA) is 194 Å². The molecule has 0 fully saturated rings. The largest absolute Gasteiger partial charge is 0.483 e. The molecule has 4 atom stereocenters. The van der Waals surface area contributed by atoms with Gasteiger partial charge in [0.15, 0.2) is 6.29 Å². The lowest BCUT2D eigenvalue weighted by Gasteiger charge is -2.32. The summed E-state index contributed by atoms with van der Waals surface area (Å²) in [5.74, 6) is 0. The lowest BCUT2D eigenvalue weighted by Crippen LogP contribution is -2.52. The highest BCUT2D eigenvalue weighted by atomic mass is 31.3. The molecule has 11 nitrogen and oxygen atoms in total. The third kappa shape index (κ3) is 5.83. The van der Waals surface area contributed by atoms with E-state index >= 15 is 0 Å². The Kier molecular flexibility index (Phi) is 6.07. The van der Waals surface area contributed by atoms with Gasteiger partial charge in [0.25, 0.3) is 0 Å². The summed E-state index contributed by atoms with van der Waals surface area (Å²) in [6.07, 6.45) is -4.50. The Hall–Kier alpha value is 0.1000. The Morgan fingerprint density at radius 3 is 2.00 bits per heavy atom. The van der Waals surface area contributed by atoms with Gasteiger partial charge in [0, 0.05) is 0 Å². The van der Waals surface area contributed by atoms with Gasteiger partial charge in [-0.25, -0.2) is 9.13 Å². The number of aliphatic hydroxyl groups is 4. The van der Waals surface area contributed by atoms with Crippen LogP contribution in [0.3, 0.4) is 0 Å². The lowest BCUT2D eigenvalue weighted by molar-refractivity contribution is -0.214. The standard InChI is InChI=1S/C5H14O11P2/c1-5(9,3(7)2-6)4(8)15-18(13,14)16-17(10,11)12/h3-4,6-9H,2H2,1H3,(H,13,14)(H2,10,11,12)/t3-,4?,5-/m1/s1. The minimum Gasteiger partial charge on any atom is -0.394 e. The summed E-state index contributed by atoms with van der Waals surface area (Å²) in [5.41, 5.74) is -2.58. The smallest absolute Gasteiger partial charge is 0.394 e. The predicted octanol–water partition coefficient (Wildman–Crippen LogP) is -2.36. The quantitative estimate of drug-likeness (QED) is 0.196. The maximum atomic E-state index is 11.0. The van der Waals surface area contributed by atoms with Gasteiger partial charge < -0.3 is 35.1 Å². The van der Waals surface area contributed by atoms with E-state index in [9.17, 15) is 19.3 Å². The summed E-state index contributed by atoms with van der Waals surface area (Å²) in [7, 11) is -10.8. The molecule has 0 aromatic carbocycles. The summed E-state index contributed by atoms with van der Waals surface area (Å²) in [6.45, 7) is -0.265. The molecule has 18 heavy (non-hydrogen) atoms. The van der Waals surface area contributed by atoms with Crippen molar-refractivity contribution in [2.75, 3.05) is 6.61 Å². The molecule has 0 aromatic heterocycles. The number of phosphoric acid groups is 2. The van der Waals surface area contributed by atoms with Gasteiger partial charge in [-0.2, -0.15) is 4.31 Å². The third-order valence-electron chi connectivity index (χ3n) is 1.79. The molecule has 0 aliphatic rings. The molecule has 0 heterocycles. The predicted molar refractivity (Wildman–Crippen MR) is 53.8 cm³/mol. The average Bonchev–Trinajstić information content (AvgIpc) is 2.11. The first-order chi connectivity index (χ1) is 7.82. The van der Waals surface area contributed by atoms with Crippen LogP contribution in [0, 0.1) is 0 Å². The minimum atomic E-state index is -5.38. The van der Waals surface area contributed by atoms with Crippen LogP contribution >= 0.6 is 15.6 Å². The Bertz CT molecular complexity index is 360. The minimum absolute atomic E-state index is 0.746. The van der Waals surface area contributed by atoms with E-state index in [2.05, 4.69) is 8.83 Å². The Morgan fingerprint density at radius 2 is 1.67 bits per heavy atom. The molecule has 0 aromatic rings. The number of aliphatic hydroxyl groups excluding tert-OH is 3. The number of hydrogen-bond acceptors (Lipinski definition) is 8. The van der Waals surface area contributed by atoms with E-state index in [1.807, 2.05) is 0 Å². The van der Waals surface area contributed by atoms with E-state index in [1.54, 1.807) is 0 Å². The van der Waals surface area contributed by atoms with Crippen LogP contribution in [0.15, 0.2) is 0 Å². The van der Waals surface area contributed by atoms with E-state index in [0.717, 1.165) is 6.92 Å². The van der Waals surface area contributed by atoms with Crippen molar-refractivity contribution in [3.05, 3.63) is 0 Å². The molecule has 0 saturated carbocycles. The van der Waals surface area contributed by atoms with Gasteiger partial charge in [0.05, 0.1) is 6.61 Å². The number of phosphoric ester groups is 1. The summed E-state index contributed by atoms with van der Waals surface area (Å²) in [4.78, 5) is 25.4. The first-order valence-corrected chi connectivity index (χ1v) is 7.32. The molecule has 110 valence electrons. The summed E-state index contributed by atoms with van der Waals surface area (Å²) >= 11 is 0. The van der Waals surface area contributed by atoms with Crippen LogP contribution in [0.5, 0.6) is 0 Å². The van der Waals surface area contributed by atoms with Gasteiger partial charge in [-0.3, -0.25) is 4.52 Å². The van der Waals surface area contributed by atoms with Crippen LogP contribution in [0.4, 0.5) is 0 Å². The highest BCUT2D eigenvalue weighted by Gasteiger charge is 2.44. The van der Waals surface area contributed by atoms with Crippen LogP contribution in [0.2, 0.25) is 0 Å². The van der Waals surface area contributed by atoms with Crippen molar-refractivity contribution in [2.45, 2.75) is 24.9 Å². The van der Waals surface area contributed by atoms with Crippen molar-refractivity contribution >= 4 is 15.6 Å². The van der Waals surface area contributed by atoms with Crippen molar-refractivity contribution in [1.82, 2.24) is 0 Å². The van der Waals surface area contributed by atoms with E-state index < -0.39 is 40.2 Å². The maximum Gasteiger partial charge on any atom is 0.483 e. The second-order valence-corrected chi connectivity index (χ2v) is 6.21. The molecular formula is C5H14O11P2. The molecule has 0 spiro atoms. The normalized spacial score (nSPS) is 22.9. The molecule has 0 bridgehead atoms. The van der Waals surface area contributed by atoms with Crippen LogP contribution in [-0.4, -0.2) is 59.7 Å². The molecule has 0 rings (SSSR count). The van der Waals surface area contributed by atoms with Gasteiger partial charge in [0.1, 0.15) is 11.7 Å². The second-order valence-electron chi connectivity index (χ2n) is 3.42. The molecule has 0 amide bonds. The van der Waals surface area contributed by atoms with E-state index in [4.69, 9.17) is 24.9 Å². The monoisotopic (exact) mass is 312 g/mol. The molecule has 7 N–H and O–H groups in total. The average molecular weight is 312 g/mol. The molecule has 0 aliphatic carbocycles. The van der Waals surface area contributed by atoms with Gasteiger partial charge in [-0.15, -0.1) is 0 Å². The van der Waals surface area contributed by atoms with Crippen molar-refractivity contribution in [2.24, 2.45) is 0 Å². The fraction of sp³-hybridized carbons (Fsp3) is 1.00. The SMILES string of the molecule is C[C@](O)(C(O)OP(=O)(O)OP(=O)(O)O)[C@H](O)CO. The zero-order chi connectivity index (χ0) is 14.8. The number of rotatable bonds is 7. The third-order valence-corrected chi connectivity index (χ3v) is 3.93. The summed E-state index contributed by atoms with van der Waals surface area (Å²) in [5, 5.41) is 36.3. The fourth-order valence-electron chi connectivity index (χ4n) is 0.736. The van der Waals surface area contributed by atoms with Crippen molar-refractivity contribution in [3.8, 4) is 0 Å².